The molecule has 1 aliphatic heterocycles. The molecule has 1 aliphatic rings. The van der Waals surface area contributed by atoms with Crippen molar-refractivity contribution in [3.05, 3.63) is 29.3 Å². The van der Waals surface area contributed by atoms with Gasteiger partial charge in [-0.05, 0) is 36.6 Å². The maximum absolute atomic E-state index is 10.9. The van der Waals surface area contributed by atoms with Crippen LogP contribution in [0.2, 0.25) is 0 Å². The fraction of sp³-hybridized carbons (Fsp3) is 0.300. The summed E-state index contributed by atoms with van der Waals surface area (Å²) in [5, 5.41) is 0. The Morgan fingerprint density at radius 3 is 3.08 bits per heavy atom. The normalized spacial score (nSPS) is 14.5. The molecule has 0 aromatic heterocycles. The molecule has 0 fully saturated rings. The van der Waals surface area contributed by atoms with Gasteiger partial charge in [-0.3, -0.25) is 4.79 Å². The number of carbonyl (C=O) groups excluding carboxylic acids is 1. The number of primary amides is 1. The van der Waals surface area contributed by atoms with Gasteiger partial charge in [0.25, 0.3) is 0 Å². The van der Waals surface area contributed by atoms with Crippen molar-refractivity contribution >= 4 is 5.91 Å². The summed E-state index contributed by atoms with van der Waals surface area (Å²) in [6.45, 7) is 0.767. The largest absolute Gasteiger partial charge is 0.493 e. The molecule has 1 amide bonds. The molecular formula is C10H11NO2. The van der Waals surface area contributed by atoms with Gasteiger partial charge in [-0.1, -0.05) is 0 Å². The van der Waals surface area contributed by atoms with Crippen molar-refractivity contribution in [1.29, 1.82) is 0 Å². The standard InChI is InChI=1S/C10H11NO2/c11-10(12)8-3-4-9-7(6-8)2-1-5-13-9/h3-4,6H,1-2,5H2,(H2,11,12). The van der Waals surface area contributed by atoms with Crippen LogP contribution in [0.1, 0.15) is 22.3 Å². The molecule has 1 aromatic rings. The van der Waals surface area contributed by atoms with E-state index in [1.54, 1.807) is 6.07 Å². The Bertz CT molecular complexity index is 347. The second kappa shape index (κ2) is 3.09. The number of carbonyl (C=O) groups is 1. The first kappa shape index (κ1) is 8.10. The van der Waals surface area contributed by atoms with Gasteiger partial charge in [0.2, 0.25) is 5.91 Å². The predicted octanol–water partition coefficient (Wildman–Crippen LogP) is 1.11. The zero-order valence-electron chi connectivity index (χ0n) is 7.25. The lowest BCUT2D eigenvalue weighted by Crippen LogP contribution is -2.13. The van der Waals surface area contributed by atoms with E-state index in [1.807, 2.05) is 12.1 Å². The molecular weight excluding hydrogens is 166 g/mol. The molecule has 1 aromatic carbocycles. The topological polar surface area (TPSA) is 52.3 Å². The van der Waals surface area contributed by atoms with Gasteiger partial charge in [0.1, 0.15) is 5.75 Å². The van der Waals surface area contributed by atoms with E-state index in [0.717, 1.165) is 30.8 Å². The van der Waals surface area contributed by atoms with E-state index in [1.165, 1.54) is 0 Å². The molecule has 2 rings (SSSR count). The molecule has 0 saturated carbocycles. The van der Waals surface area contributed by atoms with E-state index in [9.17, 15) is 4.79 Å². The van der Waals surface area contributed by atoms with E-state index in [0.29, 0.717) is 5.56 Å². The summed E-state index contributed by atoms with van der Waals surface area (Å²) in [4.78, 5) is 10.9. The minimum absolute atomic E-state index is 0.381. The highest BCUT2D eigenvalue weighted by molar-refractivity contribution is 5.93. The first-order valence-electron chi connectivity index (χ1n) is 4.33. The summed E-state index contributed by atoms with van der Waals surface area (Å²) in [6.07, 6.45) is 1.98. The van der Waals surface area contributed by atoms with Gasteiger partial charge in [-0.15, -0.1) is 0 Å². The van der Waals surface area contributed by atoms with Crippen molar-refractivity contribution < 1.29 is 9.53 Å². The summed E-state index contributed by atoms with van der Waals surface area (Å²) in [5.41, 5.74) is 6.81. The fourth-order valence-electron chi connectivity index (χ4n) is 1.51. The van der Waals surface area contributed by atoms with Crippen molar-refractivity contribution in [2.75, 3.05) is 6.61 Å². The van der Waals surface area contributed by atoms with Crippen LogP contribution in [0.15, 0.2) is 18.2 Å². The Kier molecular flexibility index (Phi) is 1.93. The lowest BCUT2D eigenvalue weighted by molar-refractivity contribution is 0.1000. The molecule has 0 radical (unpaired) electrons. The van der Waals surface area contributed by atoms with Crippen LogP contribution >= 0.6 is 0 Å². The average molecular weight is 177 g/mol. The molecule has 0 aliphatic carbocycles. The van der Waals surface area contributed by atoms with Crippen molar-refractivity contribution in [2.45, 2.75) is 12.8 Å². The fourth-order valence-corrected chi connectivity index (χ4v) is 1.51. The number of benzene rings is 1. The van der Waals surface area contributed by atoms with E-state index in [4.69, 9.17) is 10.5 Å². The molecule has 0 spiro atoms. The maximum atomic E-state index is 10.9. The van der Waals surface area contributed by atoms with E-state index in [-0.39, 0.29) is 5.91 Å². The minimum Gasteiger partial charge on any atom is -0.493 e. The van der Waals surface area contributed by atoms with Gasteiger partial charge < -0.3 is 10.5 Å². The quantitative estimate of drug-likeness (QED) is 0.698. The molecule has 0 saturated heterocycles. The SMILES string of the molecule is NC(=O)c1ccc2c(c1)CCCO2. The van der Waals surface area contributed by atoms with Gasteiger partial charge in [0.15, 0.2) is 0 Å². The number of rotatable bonds is 1. The van der Waals surface area contributed by atoms with Gasteiger partial charge in [0, 0.05) is 5.56 Å². The van der Waals surface area contributed by atoms with Crippen LogP contribution in [0.4, 0.5) is 0 Å². The average Bonchev–Trinajstić information content (AvgIpc) is 2.17. The van der Waals surface area contributed by atoms with Crippen molar-refractivity contribution in [2.24, 2.45) is 5.73 Å². The van der Waals surface area contributed by atoms with Crippen LogP contribution < -0.4 is 10.5 Å². The van der Waals surface area contributed by atoms with Crippen molar-refractivity contribution in [1.82, 2.24) is 0 Å². The lowest BCUT2D eigenvalue weighted by Gasteiger charge is -2.17. The Morgan fingerprint density at radius 2 is 2.31 bits per heavy atom. The third kappa shape index (κ3) is 1.49. The number of aryl methyl sites for hydroxylation is 1. The Labute approximate surface area is 76.5 Å². The molecule has 0 atom stereocenters. The maximum Gasteiger partial charge on any atom is 0.248 e. The molecule has 0 unspecified atom stereocenters. The molecule has 2 N–H and O–H groups in total. The van der Waals surface area contributed by atoms with Crippen LogP contribution in [0.25, 0.3) is 0 Å². The van der Waals surface area contributed by atoms with Crippen LogP contribution in [-0.2, 0) is 6.42 Å². The minimum atomic E-state index is -0.381. The third-order valence-corrected chi connectivity index (χ3v) is 2.19. The van der Waals surface area contributed by atoms with E-state index >= 15 is 0 Å². The summed E-state index contributed by atoms with van der Waals surface area (Å²) >= 11 is 0. The third-order valence-electron chi connectivity index (χ3n) is 2.19. The number of fused-ring (bicyclic) bond motifs is 1. The van der Waals surface area contributed by atoms with Gasteiger partial charge >= 0.3 is 0 Å². The molecule has 1 heterocycles. The first-order chi connectivity index (χ1) is 6.27. The number of hydrogen-bond acceptors (Lipinski definition) is 2. The summed E-state index contributed by atoms with van der Waals surface area (Å²) in [7, 11) is 0. The summed E-state index contributed by atoms with van der Waals surface area (Å²) in [5.74, 6) is 0.504. The zero-order valence-corrected chi connectivity index (χ0v) is 7.25. The highest BCUT2D eigenvalue weighted by atomic mass is 16.5. The van der Waals surface area contributed by atoms with Gasteiger partial charge in [0.05, 0.1) is 6.61 Å². The number of hydrogen-bond donors (Lipinski definition) is 1. The second-order valence-corrected chi connectivity index (χ2v) is 3.14. The van der Waals surface area contributed by atoms with Crippen molar-refractivity contribution in [3.63, 3.8) is 0 Å². The number of nitrogens with two attached hydrogens (primary N) is 1. The lowest BCUT2D eigenvalue weighted by atomic mass is 10.0. The smallest absolute Gasteiger partial charge is 0.248 e. The highest BCUT2D eigenvalue weighted by Gasteiger charge is 2.11. The van der Waals surface area contributed by atoms with E-state index in [2.05, 4.69) is 0 Å². The molecule has 68 valence electrons. The monoisotopic (exact) mass is 177 g/mol. The van der Waals surface area contributed by atoms with Crippen LogP contribution in [0.5, 0.6) is 5.75 Å². The Morgan fingerprint density at radius 1 is 1.46 bits per heavy atom. The van der Waals surface area contributed by atoms with Crippen molar-refractivity contribution in [3.8, 4) is 5.75 Å². The van der Waals surface area contributed by atoms with Crippen LogP contribution in [0, 0.1) is 0 Å². The highest BCUT2D eigenvalue weighted by Crippen LogP contribution is 2.25. The molecule has 13 heavy (non-hydrogen) atoms. The van der Waals surface area contributed by atoms with Gasteiger partial charge in [-0.25, -0.2) is 0 Å². The first-order valence-corrected chi connectivity index (χ1v) is 4.33. The second-order valence-electron chi connectivity index (χ2n) is 3.14. The molecule has 0 bridgehead atoms. The molecule has 3 heteroatoms. The summed E-state index contributed by atoms with van der Waals surface area (Å²) in [6, 6.07) is 5.33. The molecule has 3 nitrogen and oxygen atoms in total. The predicted molar refractivity (Wildman–Crippen MR) is 48.8 cm³/mol. The Hall–Kier alpha value is -1.51. The summed E-state index contributed by atoms with van der Waals surface area (Å²) < 4.78 is 5.41. The number of ether oxygens (including phenoxy) is 1. The Balaban J connectivity index is 2.40. The van der Waals surface area contributed by atoms with Crippen LogP contribution in [-0.4, -0.2) is 12.5 Å². The zero-order chi connectivity index (χ0) is 9.26. The van der Waals surface area contributed by atoms with E-state index < -0.39 is 0 Å². The van der Waals surface area contributed by atoms with Gasteiger partial charge in [-0.2, -0.15) is 0 Å². The number of amides is 1. The van der Waals surface area contributed by atoms with Crippen LogP contribution in [0.3, 0.4) is 0 Å².